The number of amides is 2. The SMILES string of the molecule is CCNC(=O)CN(CC)C(=O)COC(=O)c1cc(C2CC2)nc2ccccc12. The van der Waals surface area contributed by atoms with E-state index in [-0.39, 0.29) is 12.5 Å². The van der Waals surface area contributed by atoms with Gasteiger partial charge in [0, 0.05) is 30.1 Å². The number of aromatic nitrogens is 1. The van der Waals surface area contributed by atoms with Crippen LogP contribution in [0.4, 0.5) is 0 Å². The number of benzene rings is 1. The fraction of sp³-hybridized carbons (Fsp3) is 0.429. The van der Waals surface area contributed by atoms with Crippen molar-refractivity contribution in [2.75, 3.05) is 26.2 Å². The summed E-state index contributed by atoms with van der Waals surface area (Å²) in [5, 5.41) is 3.36. The van der Waals surface area contributed by atoms with Gasteiger partial charge in [-0.2, -0.15) is 0 Å². The highest BCUT2D eigenvalue weighted by Crippen LogP contribution is 2.40. The van der Waals surface area contributed by atoms with Gasteiger partial charge in [-0.1, -0.05) is 18.2 Å². The number of carbonyl (C=O) groups excluding carboxylic acids is 3. The Bertz CT molecular complexity index is 892. The van der Waals surface area contributed by atoms with Gasteiger partial charge in [-0.05, 0) is 38.8 Å². The van der Waals surface area contributed by atoms with Crippen LogP contribution < -0.4 is 5.32 Å². The highest BCUT2D eigenvalue weighted by atomic mass is 16.5. The van der Waals surface area contributed by atoms with E-state index in [1.165, 1.54) is 4.90 Å². The van der Waals surface area contributed by atoms with Crippen LogP contribution in [0.1, 0.15) is 48.7 Å². The van der Waals surface area contributed by atoms with E-state index in [1.54, 1.807) is 13.0 Å². The number of carbonyl (C=O) groups is 3. The van der Waals surface area contributed by atoms with Crippen LogP contribution in [0.3, 0.4) is 0 Å². The first-order valence-electron chi connectivity index (χ1n) is 9.64. The molecule has 0 spiro atoms. The smallest absolute Gasteiger partial charge is 0.339 e. The van der Waals surface area contributed by atoms with E-state index in [0.717, 1.165) is 24.1 Å². The molecule has 0 radical (unpaired) electrons. The summed E-state index contributed by atoms with van der Waals surface area (Å²) in [7, 11) is 0. The van der Waals surface area contributed by atoms with Crippen LogP contribution in [0.5, 0.6) is 0 Å². The van der Waals surface area contributed by atoms with E-state index in [0.29, 0.717) is 30.0 Å². The predicted molar refractivity (Wildman–Crippen MR) is 105 cm³/mol. The Kier molecular flexibility index (Phi) is 6.23. The van der Waals surface area contributed by atoms with Crippen molar-refractivity contribution in [1.29, 1.82) is 0 Å². The first-order valence-corrected chi connectivity index (χ1v) is 9.64. The van der Waals surface area contributed by atoms with Crippen LogP contribution in [-0.2, 0) is 14.3 Å². The van der Waals surface area contributed by atoms with Crippen LogP contribution in [0.2, 0.25) is 0 Å². The molecule has 2 aromatic rings. The van der Waals surface area contributed by atoms with Crippen molar-refractivity contribution in [3.63, 3.8) is 0 Å². The second-order valence-electron chi connectivity index (χ2n) is 6.82. The largest absolute Gasteiger partial charge is 0.452 e. The molecular weight excluding hydrogens is 358 g/mol. The van der Waals surface area contributed by atoms with Crippen LogP contribution in [0, 0.1) is 0 Å². The molecule has 2 amide bonds. The minimum absolute atomic E-state index is 0.0509. The van der Waals surface area contributed by atoms with E-state index in [9.17, 15) is 14.4 Å². The lowest BCUT2D eigenvalue weighted by atomic mass is 10.1. The van der Waals surface area contributed by atoms with Gasteiger partial charge in [-0.3, -0.25) is 14.6 Å². The first-order chi connectivity index (χ1) is 13.5. The molecule has 7 nitrogen and oxygen atoms in total. The van der Waals surface area contributed by atoms with Crippen LogP contribution >= 0.6 is 0 Å². The number of likely N-dealkylation sites (N-methyl/N-ethyl adjacent to an activating group) is 2. The molecule has 1 saturated carbocycles. The summed E-state index contributed by atoms with van der Waals surface area (Å²) in [6.45, 7) is 3.99. The maximum atomic E-state index is 12.7. The van der Waals surface area contributed by atoms with Gasteiger partial charge in [-0.15, -0.1) is 0 Å². The van der Waals surface area contributed by atoms with Gasteiger partial charge in [0.2, 0.25) is 5.91 Å². The minimum Gasteiger partial charge on any atom is -0.452 e. The van der Waals surface area contributed by atoms with E-state index < -0.39 is 18.5 Å². The van der Waals surface area contributed by atoms with Crippen LogP contribution in [0.15, 0.2) is 30.3 Å². The summed E-state index contributed by atoms with van der Waals surface area (Å²) in [5.41, 5.74) is 2.06. The minimum atomic E-state index is -0.553. The topological polar surface area (TPSA) is 88.6 Å². The summed E-state index contributed by atoms with van der Waals surface area (Å²) in [6, 6.07) is 9.19. The van der Waals surface area contributed by atoms with E-state index >= 15 is 0 Å². The highest BCUT2D eigenvalue weighted by molar-refractivity contribution is 6.04. The van der Waals surface area contributed by atoms with Crippen LogP contribution in [0.25, 0.3) is 10.9 Å². The second-order valence-corrected chi connectivity index (χ2v) is 6.82. The van der Waals surface area contributed by atoms with Gasteiger partial charge in [0.25, 0.3) is 5.91 Å². The monoisotopic (exact) mass is 383 g/mol. The third-order valence-corrected chi connectivity index (χ3v) is 4.72. The first kappa shape index (κ1) is 19.8. The lowest BCUT2D eigenvalue weighted by molar-refractivity contribution is -0.138. The third-order valence-electron chi connectivity index (χ3n) is 4.72. The standard InChI is InChI=1S/C21H25N3O4/c1-3-22-19(25)12-24(4-2)20(26)13-28-21(27)16-11-18(14-9-10-14)23-17-8-6-5-7-15(16)17/h5-8,11,14H,3-4,9-10,12-13H2,1-2H3,(H,22,25). The Labute approximate surface area is 164 Å². The lowest BCUT2D eigenvalue weighted by Gasteiger charge is -2.20. The number of fused-ring (bicyclic) bond motifs is 1. The van der Waals surface area contributed by atoms with Crippen molar-refractivity contribution in [1.82, 2.24) is 15.2 Å². The van der Waals surface area contributed by atoms with Gasteiger partial charge in [0.15, 0.2) is 6.61 Å². The van der Waals surface area contributed by atoms with Crippen molar-refractivity contribution < 1.29 is 19.1 Å². The van der Waals surface area contributed by atoms with Gasteiger partial charge >= 0.3 is 5.97 Å². The third kappa shape index (κ3) is 4.65. The number of ether oxygens (including phenoxy) is 1. The Hall–Kier alpha value is -2.96. The molecule has 0 saturated heterocycles. The van der Waals surface area contributed by atoms with Gasteiger partial charge in [0.1, 0.15) is 0 Å². The number of para-hydroxylation sites is 1. The quantitative estimate of drug-likeness (QED) is 0.707. The maximum Gasteiger partial charge on any atom is 0.339 e. The van der Waals surface area contributed by atoms with Gasteiger partial charge in [-0.25, -0.2) is 4.79 Å². The summed E-state index contributed by atoms with van der Waals surface area (Å²) >= 11 is 0. The molecule has 1 fully saturated rings. The zero-order chi connectivity index (χ0) is 20.1. The zero-order valence-electron chi connectivity index (χ0n) is 16.2. The predicted octanol–water partition coefficient (Wildman–Crippen LogP) is 2.25. The summed E-state index contributed by atoms with van der Waals surface area (Å²) in [6.07, 6.45) is 2.15. The molecule has 28 heavy (non-hydrogen) atoms. The number of hydrogen-bond acceptors (Lipinski definition) is 5. The summed E-state index contributed by atoms with van der Waals surface area (Å²) in [4.78, 5) is 42.8. The maximum absolute atomic E-state index is 12.7. The van der Waals surface area contributed by atoms with Gasteiger partial charge < -0.3 is 15.0 Å². The number of nitrogens with one attached hydrogen (secondary N) is 1. The number of hydrogen-bond donors (Lipinski definition) is 1. The fourth-order valence-electron chi connectivity index (χ4n) is 3.05. The average molecular weight is 383 g/mol. The molecule has 1 N–H and O–H groups in total. The Balaban J connectivity index is 1.70. The molecule has 1 aromatic heterocycles. The van der Waals surface area contributed by atoms with Crippen molar-refractivity contribution in [3.8, 4) is 0 Å². The molecule has 1 heterocycles. The zero-order valence-corrected chi connectivity index (χ0v) is 16.2. The molecule has 1 aromatic carbocycles. The normalized spacial score (nSPS) is 13.2. The summed E-state index contributed by atoms with van der Waals surface area (Å²) < 4.78 is 5.29. The average Bonchev–Trinajstić information content (AvgIpc) is 3.54. The highest BCUT2D eigenvalue weighted by Gasteiger charge is 2.27. The lowest BCUT2D eigenvalue weighted by Crippen LogP contribution is -2.42. The Morgan fingerprint density at radius 1 is 1.21 bits per heavy atom. The molecule has 1 aliphatic rings. The Morgan fingerprint density at radius 2 is 1.96 bits per heavy atom. The van der Waals surface area contributed by atoms with Crippen molar-refractivity contribution >= 4 is 28.7 Å². The van der Waals surface area contributed by atoms with Crippen molar-refractivity contribution in [2.45, 2.75) is 32.6 Å². The summed E-state index contributed by atoms with van der Waals surface area (Å²) in [5.74, 6) is -0.797. The molecule has 0 aliphatic heterocycles. The molecule has 7 heteroatoms. The van der Waals surface area contributed by atoms with Crippen molar-refractivity contribution in [2.24, 2.45) is 0 Å². The molecule has 0 unspecified atom stereocenters. The molecule has 148 valence electrons. The number of nitrogens with zero attached hydrogens (tertiary/aromatic N) is 2. The fourth-order valence-corrected chi connectivity index (χ4v) is 3.05. The van der Waals surface area contributed by atoms with E-state index in [1.807, 2.05) is 31.2 Å². The molecule has 0 bridgehead atoms. The molecular formula is C21H25N3O4. The van der Waals surface area contributed by atoms with Crippen LogP contribution in [-0.4, -0.2) is 53.9 Å². The number of pyridine rings is 1. The van der Waals surface area contributed by atoms with Crippen molar-refractivity contribution in [3.05, 3.63) is 41.6 Å². The number of esters is 1. The molecule has 3 rings (SSSR count). The van der Waals surface area contributed by atoms with E-state index in [2.05, 4.69) is 10.3 Å². The molecule has 1 aliphatic carbocycles. The molecule has 0 atom stereocenters. The Morgan fingerprint density at radius 3 is 2.64 bits per heavy atom. The van der Waals surface area contributed by atoms with Gasteiger partial charge in [0.05, 0.1) is 17.6 Å². The number of rotatable bonds is 8. The second kappa shape index (κ2) is 8.82. The van der Waals surface area contributed by atoms with E-state index in [4.69, 9.17) is 4.74 Å².